The molecule has 4 nitrogen and oxygen atoms in total. The van der Waals surface area contributed by atoms with E-state index in [1.165, 1.54) is 5.69 Å². The monoisotopic (exact) mass is 317 g/mol. The van der Waals surface area contributed by atoms with Crippen LogP contribution in [0, 0.1) is 5.92 Å². The number of nitrogens with one attached hydrogen (secondary N) is 1. The molecular weight excluding hydrogens is 298 g/mol. The second-order valence-corrected chi connectivity index (χ2v) is 6.33. The number of halogens is 1. The summed E-state index contributed by atoms with van der Waals surface area (Å²) in [4.78, 5) is 14.6. The summed E-state index contributed by atoms with van der Waals surface area (Å²) in [6.07, 6.45) is 2.08. The molecule has 1 aromatic heterocycles. The molecule has 0 fully saturated rings. The zero-order valence-electron chi connectivity index (χ0n) is 12.8. The third-order valence-electron chi connectivity index (χ3n) is 4.09. The van der Waals surface area contributed by atoms with Gasteiger partial charge in [0.25, 0.3) is 0 Å². The van der Waals surface area contributed by atoms with Gasteiger partial charge in [0.1, 0.15) is 0 Å². The Kier molecular flexibility index (Phi) is 4.12. The first-order chi connectivity index (χ1) is 10.6. The number of nitrogens with zero attached hydrogens (tertiary/aromatic N) is 2. The van der Waals surface area contributed by atoms with E-state index in [-0.39, 0.29) is 12.1 Å². The van der Waals surface area contributed by atoms with Crippen LogP contribution in [-0.2, 0) is 6.54 Å². The molecule has 0 saturated heterocycles. The van der Waals surface area contributed by atoms with E-state index in [4.69, 9.17) is 11.6 Å². The Balaban J connectivity index is 1.84. The molecule has 0 saturated carbocycles. The van der Waals surface area contributed by atoms with Crippen LogP contribution in [0.4, 0.5) is 10.5 Å². The zero-order valence-corrected chi connectivity index (χ0v) is 13.5. The molecule has 1 aliphatic rings. The number of carbonyl (C=O) groups is 1. The van der Waals surface area contributed by atoms with Crippen molar-refractivity contribution in [3.05, 3.63) is 53.3 Å². The van der Waals surface area contributed by atoms with E-state index in [0.29, 0.717) is 23.2 Å². The number of amides is 2. The molecule has 116 valence electrons. The highest BCUT2D eigenvalue weighted by Crippen LogP contribution is 2.33. The maximum absolute atomic E-state index is 12.7. The normalized spacial score (nSPS) is 17.5. The van der Waals surface area contributed by atoms with Crippen molar-refractivity contribution in [3.63, 3.8) is 0 Å². The number of anilines is 1. The van der Waals surface area contributed by atoms with Gasteiger partial charge in [-0.25, -0.2) is 4.79 Å². The molecule has 5 heteroatoms. The highest BCUT2D eigenvalue weighted by atomic mass is 35.5. The van der Waals surface area contributed by atoms with Gasteiger partial charge in [-0.2, -0.15) is 0 Å². The van der Waals surface area contributed by atoms with E-state index in [0.717, 1.165) is 6.54 Å². The van der Waals surface area contributed by atoms with E-state index >= 15 is 0 Å². The summed E-state index contributed by atoms with van der Waals surface area (Å²) in [5, 5.41) is 3.49. The van der Waals surface area contributed by atoms with Gasteiger partial charge < -0.3 is 14.8 Å². The van der Waals surface area contributed by atoms with Gasteiger partial charge in [-0.1, -0.05) is 37.6 Å². The van der Waals surface area contributed by atoms with Gasteiger partial charge in [0.05, 0.1) is 16.8 Å². The third-order valence-corrected chi connectivity index (χ3v) is 4.42. The smallest absolute Gasteiger partial charge is 0.322 e. The molecule has 1 atom stereocenters. The van der Waals surface area contributed by atoms with Crippen molar-refractivity contribution >= 4 is 23.3 Å². The van der Waals surface area contributed by atoms with Crippen molar-refractivity contribution in [1.29, 1.82) is 0 Å². The van der Waals surface area contributed by atoms with E-state index in [9.17, 15) is 4.79 Å². The van der Waals surface area contributed by atoms with Crippen molar-refractivity contribution in [2.45, 2.75) is 26.4 Å². The van der Waals surface area contributed by atoms with E-state index in [1.54, 1.807) is 6.07 Å². The Morgan fingerprint density at radius 3 is 2.73 bits per heavy atom. The lowest BCUT2D eigenvalue weighted by Crippen LogP contribution is -2.45. The summed E-state index contributed by atoms with van der Waals surface area (Å²) >= 11 is 6.13. The van der Waals surface area contributed by atoms with Crippen LogP contribution in [0.15, 0.2) is 42.6 Å². The number of urea groups is 1. The standard InChI is InChI=1S/C17H20ClN3O/c1-12(2)16-15-8-5-9-20(15)10-11-21(16)17(22)19-14-7-4-3-6-13(14)18/h3-9,12,16H,10-11H2,1-2H3,(H,19,22)/t16-/m0/s1. The predicted octanol–water partition coefficient (Wildman–Crippen LogP) is 4.39. The van der Waals surface area contributed by atoms with Crippen LogP contribution in [0.2, 0.25) is 5.02 Å². The Morgan fingerprint density at radius 1 is 1.23 bits per heavy atom. The third kappa shape index (κ3) is 2.71. The Hall–Kier alpha value is -1.94. The summed E-state index contributed by atoms with van der Waals surface area (Å²) in [5.74, 6) is 0.339. The fraction of sp³-hybridized carbons (Fsp3) is 0.353. The van der Waals surface area contributed by atoms with Crippen molar-refractivity contribution in [1.82, 2.24) is 9.47 Å². The number of hydrogen-bond acceptors (Lipinski definition) is 1. The molecule has 2 amide bonds. The minimum atomic E-state index is -0.0979. The first-order valence-corrected chi connectivity index (χ1v) is 7.93. The minimum Gasteiger partial charge on any atom is -0.348 e. The fourth-order valence-electron chi connectivity index (χ4n) is 3.09. The second-order valence-electron chi connectivity index (χ2n) is 5.92. The summed E-state index contributed by atoms with van der Waals surface area (Å²) in [6.45, 7) is 5.80. The number of para-hydroxylation sites is 1. The molecule has 0 radical (unpaired) electrons. The average Bonchev–Trinajstić information content (AvgIpc) is 2.96. The topological polar surface area (TPSA) is 37.3 Å². The van der Waals surface area contributed by atoms with Crippen LogP contribution in [0.1, 0.15) is 25.6 Å². The Bertz CT molecular complexity index is 680. The van der Waals surface area contributed by atoms with Crippen LogP contribution in [0.25, 0.3) is 0 Å². The minimum absolute atomic E-state index is 0.0752. The van der Waals surface area contributed by atoms with Gasteiger partial charge in [0.2, 0.25) is 0 Å². The van der Waals surface area contributed by atoms with Gasteiger partial charge >= 0.3 is 6.03 Å². The lowest BCUT2D eigenvalue weighted by atomic mass is 9.97. The van der Waals surface area contributed by atoms with Crippen molar-refractivity contribution in [2.75, 3.05) is 11.9 Å². The van der Waals surface area contributed by atoms with Gasteiger partial charge in [0, 0.05) is 25.0 Å². The molecule has 0 unspecified atom stereocenters. The molecule has 3 rings (SSSR count). The molecule has 2 heterocycles. The zero-order chi connectivity index (χ0) is 15.7. The molecule has 2 aromatic rings. The number of benzene rings is 1. The number of hydrogen-bond donors (Lipinski definition) is 1. The maximum Gasteiger partial charge on any atom is 0.322 e. The van der Waals surface area contributed by atoms with Crippen molar-refractivity contribution in [3.8, 4) is 0 Å². The predicted molar refractivity (Wildman–Crippen MR) is 89.2 cm³/mol. The number of aromatic nitrogens is 1. The van der Waals surface area contributed by atoms with Crippen LogP contribution >= 0.6 is 11.6 Å². The van der Waals surface area contributed by atoms with Crippen LogP contribution in [0.3, 0.4) is 0 Å². The van der Waals surface area contributed by atoms with E-state index in [2.05, 4.69) is 36.0 Å². The van der Waals surface area contributed by atoms with Gasteiger partial charge in [-0.05, 0) is 30.2 Å². The largest absolute Gasteiger partial charge is 0.348 e. The summed E-state index contributed by atoms with van der Waals surface area (Å²) in [5.41, 5.74) is 1.84. The van der Waals surface area contributed by atoms with E-state index in [1.807, 2.05) is 29.2 Å². The van der Waals surface area contributed by atoms with E-state index < -0.39 is 0 Å². The SMILES string of the molecule is CC(C)[C@H]1c2cccn2CCN1C(=O)Nc1ccccc1Cl. The van der Waals surface area contributed by atoms with Crippen LogP contribution in [0.5, 0.6) is 0 Å². The molecule has 0 bridgehead atoms. The first kappa shape index (κ1) is 15.0. The lowest BCUT2D eigenvalue weighted by Gasteiger charge is -2.39. The highest BCUT2D eigenvalue weighted by Gasteiger charge is 2.33. The van der Waals surface area contributed by atoms with Crippen LogP contribution < -0.4 is 5.32 Å². The Labute approximate surface area is 135 Å². The first-order valence-electron chi connectivity index (χ1n) is 7.55. The molecular formula is C17H20ClN3O. The van der Waals surface area contributed by atoms with Gasteiger partial charge in [-0.15, -0.1) is 0 Å². The van der Waals surface area contributed by atoms with Gasteiger partial charge in [-0.3, -0.25) is 0 Å². The molecule has 22 heavy (non-hydrogen) atoms. The quantitative estimate of drug-likeness (QED) is 0.876. The number of carbonyl (C=O) groups excluding carboxylic acids is 1. The number of rotatable bonds is 2. The molecule has 1 N–H and O–H groups in total. The molecule has 1 aromatic carbocycles. The van der Waals surface area contributed by atoms with Gasteiger partial charge in [0.15, 0.2) is 0 Å². The van der Waals surface area contributed by atoms with Crippen LogP contribution in [-0.4, -0.2) is 22.0 Å². The summed E-state index contributed by atoms with van der Waals surface area (Å²) < 4.78 is 2.23. The summed E-state index contributed by atoms with van der Waals surface area (Å²) in [7, 11) is 0. The maximum atomic E-state index is 12.7. The average molecular weight is 318 g/mol. The molecule has 1 aliphatic heterocycles. The number of fused-ring (bicyclic) bond motifs is 1. The summed E-state index contributed by atoms with van der Waals surface area (Å²) in [6, 6.07) is 11.4. The fourth-order valence-corrected chi connectivity index (χ4v) is 3.28. The highest BCUT2D eigenvalue weighted by molar-refractivity contribution is 6.33. The second kappa shape index (κ2) is 6.05. The lowest BCUT2D eigenvalue weighted by molar-refractivity contribution is 0.144. The molecule has 0 aliphatic carbocycles. The van der Waals surface area contributed by atoms with Crippen molar-refractivity contribution in [2.24, 2.45) is 5.92 Å². The Morgan fingerprint density at radius 2 is 2.00 bits per heavy atom. The molecule has 0 spiro atoms. The van der Waals surface area contributed by atoms with Crippen molar-refractivity contribution < 1.29 is 4.79 Å².